The topological polar surface area (TPSA) is 74.9 Å². The monoisotopic (exact) mass is 429 g/mol. The van der Waals surface area contributed by atoms with Gasteiger partial charge in [-0.3, -0.25) is 9.59 Å². The number of benzene rings is 2. The summed E-state index contributed by atoms with van der Waals surface area (Å²) >= 11 is 0. The lowest BCUT2D eigenvalue weighted by Crippen LogP contribution is -2.30. The Labute approximate surface area is 187 Å². The molecule has 0 saturated heterocycles. The summed E-state index contributed by atoms with van der Waals surface area (Å²) in [7, 11) is 0. The van der Waals surface area contributed by atoms with Crippen LogP contribution in [0.1, 0.15) is 52.8 Å². The SMILES string of the molecule is CCN(C(=O)c1oc2c(c1C)/C(=N/NC(=O)Cc1ccccc1)CCC2)c1ccccc1. The molecule has 1 aliphatic rings. The predicted molar refractivity (Wildman–Crippen MR) is 125 cm³/mol. The third-order valence-electron chi connectivity index (χ3n) is 5.67. The number of carbonyl (C=O) groups excluding carboxylic acids is 2. The number of nitrogens with zero attached hydrogens (tertiary/aromatic N) is 2. The Kier molecular flexibility index (Phi) is 6.50. The van der Waals surface area contributed by atoms with Crippen LogP contribution in [0.4, 0.5) is 5.69 Å². The van der Waals surface area contributed by atoms with Crippen LogP contribution in [0.15, 0.2) is 70.2 Å². The van der Waals surface area contributed by atoms with Crippen molar-refractivity contribution in [1.82, 2.24) is 5.43 Å². The van der Waals surface area contributed by atoms with Gasteiger partial charge >= 0.3 is 0 Å². The Morgan fingerprint density at radius 3 is 2.41 bits per heavy atom. The Bertz CT molecular complexity index is 1130. The van der Waals surface area contributed by atoms with Gasteiger partial charge < -0.3 is 9.32 Å². The minimum absolute atomic E-state index is 0.168. The zero-order chi connectivity index (χ0) is 22.5. The van der Waals surface area contributed by atoms with E-state index in [-0.39, 0.29) is 18.2 Å². The highest BCUT2D eigenvalue weighted by atomic mass is 16.4. The van der Waals surface area contributed by atoms with Crippen LogP contribution in [0.3, 0.4) is 0 Å². The second kappa shape index (κ2) is 9.64. The quantitative estimate of drug-likeness (QED) is 0.580. The molecule has 6 nitrogen and oxygen atoms in total. The number of hydrogen-bond donors (Lipinski definition) is 1. The van der Waals surface area contributed by atoms with E-state index in [1.807, 2.05) is 74.5 Å². The molecule has 0 saturated carbocycles. The van der Waals surface area contributed by atoms with E-state index in [1.165, 1.54) is 0 Å². The first-order valence-corrected chi connectivity index (χ1v) is 11.0. The number of hydrogen-bond acceptors (Lipinski definition) is 4. The van der Waals surface area contributed by atoms with E-state index in [0.717, 1.165) is 53.1 Å². The Morgan fingerprint density at radius 1 is 1.03 bits per heavy atom. The first kappa shape index (κ1) is 21.6. The van der Waals surface area contributed by atoms with Gasteiger partial charge in [-0.15, -0.1) is 0 Å². The molecule has 6 heteroatoms. The normalized spacial score (nSPS) is 14.1. The predicted octanol–water partition coefficient (Wildman–Crippen LogP) is 4.65. The molecule has 4 rings (SSSR count). The minimum Gasteiger partial charge on any atom is -0.455 e. The highest BCUT2D eigenvalue weighted by molar-refractivity contribution is 6.10. The minimum atomic E-state index is -0.172. The molecule has 0 radical (unpaired) electrons. The second-order valence-electron chi connectivity index (χ2n) is 7.85. The van der Waals surface area contributed by atoms with Gasteiger partial charge in [-0.05, 0) is 44.4 Å². The summed E-state index contributed by atoms with van der Waals surface area (Å²) in [6.45, 7) is 4.36. The molecule has 0 aliphatic heterocycles. The average molecular weight is 430 g/mol. The number of rotatable bonds is 6. The molecule has 1 heterocycles. The molecule has 1 N–H and O–H groups in total. The fraction of sp³-hybridized carbons (Fsp3) is 0.269. The van der Waals surface area contributed by atoms with Gasteiger partial charge in [0.05, 0.1) is 12.1 Å². The smallest absolute Gasteiger partial charge is 0.294 e. The molecular formula is C26H27N3O3. The summed E-state index contributed by atoms with van der Waals surface area (Å²) in [4.78, 5) is 27.4. The van der Waals surface area contributed by atoms with Gasteiger partial charge in [0.25, 0.3) is 5.91 Å². The molecule has 1 aliphatic carbocycles. The van der Waals surface area contributed by atoms with Gasteiger partial charge in [-0.1, -0.05) is 48.5 Å². The van der Waals surface area contributed by atoms with Crippen molar-refractivity contribution in [2.45, 2.75) is 39.5 Å². The van der Waals surface area contributed by atoms with Crippen molar-refractivity contribution in [2.75, 3.05) is 11.4 Å². The summed E-state index contributed by atoms with van der Waals surface area (Å²) in [5.74, 6) is 0.760. The Balaban J connectivity index is 1.56. The maximum Gasteiger partial charge on any atom is 0.294 e. The number of nitrogens with one attached hydrogen (secondary N) is 1. The molecule has 0 spiro atoms. The summed E-state index contributed by atoms with van der Waals surface area (Å²) in [5.41, 5.74) is 6.83. The second-order valence-corrected chi connectivity index (χ2v) is 7.85. The molecule has 0 fully saturated rings. The van der Waals surface area contributed by atoms with E-state index in [4.69, 9.17) is 4.42 Å². The molecule has 0 atom stereocenters. The molecular weight excluding hydrogens is 402 g/mol. The van der Waals surface area contributed by atoms with Gasteiger partial charge in [0.15, 0.2) is 5.76 Å². The van der Waals surface area contributed by atoms with Crippen molar-refractivity contribution >= 4 is 23.2 Å². The standard InChI is InChI=1S/C26H27N3O3/c1-3-29(20-13-8-5-9-14-20)26(31)25-18(2)24-21(15-10-16-22(24)32-25)27-28-23(30)17-19-11-6-4-7-12-19/h4-9,11-14H,3,10,15-17H2,1-2H3,(H,28,30)/b27-21+. The maximum absolute atomic E-state index is 13.3. The molecule has 3 aromatic rings. The van der Waals surface area contributed by atoms with Gasteiger partial charge in [0, 0.05) is 29.8 Å². The van der Waals surface area contributed by atoms with Crippen molar-refractivity contribution in [3.05, 3.63) is 88.9 Å². The summed E-state index contributed by atoms with van der Waals surface area (Å²) in [5, 5.41) is 4.41. The average Bonchev–Trinajstić information content (AvgIpc) is 3.16. The van der Waals surface area contributed by atoms with Crippen LogP contribution in [-0.4, -0.2) is 24.1 Å². The first-order valence-electron chi connectivity index (χ1n) is 11.0. The molecule has 1 aromatic heterocycles. The lowest BCUT2D eigenvalue weighted by Gasteiger charge is -2.20. The maximum atomic E-state index is 13.3. The Morgan fingerprint density at radius 2 is 1.72 bits per heavy atom. The third kappa shape index (κ3) is 4.49. The van der Waals surface area contributed by atoms with Crippen LogP contribution >= 0.6 is 0 Å². The molecule has 2 aromatic carbocycles. The number of anilines is 1. The van der Waals surface area contributed by atoms with Crippen molar-refractivity contribution in [3.63, 3.8) is 0 Å². The van der Waals surface area contributed by atoms with Gasteiger partial charge in [-0.2, -0.15) is 5.10 Å². The number of furan rings is 1. The number of amides is 2. The van der Waals surface area contributed by atoms with E-state index in [2.05, 4.69) is 10.5 Å². The van der Waals surface area contributed by atoms with Gasteiger partial charge in [-0.25, -0.2) is 5.43 Å². The van der Waals surface area contributed by atoms with E-state index in [1.54, 1.807) is 4.90 Å². The number of fused-ring (bicyclic) bond motifs is 1. The van der Waals surface area contributed by atoms with Crippen molar-refractivity contribution in [2.24, 2.45) is 5.10 Å². The Hall–Kier alpha value is -3.67. The van der Waals surface area contributed by atoms with Crippen molar-refractivity contribution < 1.29 is 14.0 Å². The number of para-hydroxylation sites is 1. The molecule has 0 bridgehead atoms. The highest BCUT2D eigenvalue weighted by Crippen LogP contribution is 2.31. The van der Waals surface area contributed by atoms with E-state index < -0.39 is 0 Å². The van der Waals surface area contributed by atoms with Crippen LogP contribution in [0.25, 0.3) is 0 Å². The van der Waals surface area contributed by atoms with E-state index >= 15 is 0 Å². The molecule has 32 heavy (non-hydrogen) atoms. The van der Waals surface area contributed by atoms with E-state index in [9.17, 15) is 9.59 Å². The van der Waals surface area contributed by atoms with Crippen LogP contribution in [-0.2, 0) is 17.6 Å². The van der Waals surface area contributed by atoms with Gasteiger partial charge in [0.2, 0.25) is 5.91 Å². The van der Waals surface area contributed by atoms with Crippen LogP contribution in [0.2, 0.25) is 0 Å². The fourth-order valence-electron chi connectivity index (χ4n) is 4.11. The first-order chi connectivity index (χ1) is 15.6. The molecule has 2 amide bonds. The third-order valence-corrected chi connectivity index (χ3v) is 5.67. The van der Waals surface area contributed by atoms with Crippen molar-refractivity contribution in [1.29, 1.82) is 0 Å². The molecule has 164 valence electrons. The summed E-state index contributed by atoms with van der Waals surface area (Å²) in [6, 6.07) is 19.1. The van der Waals surface area contributed by atoms with Gasteiger partial charge in [0.1, 0.15) is 5.76 Å². The number of carbonyl (C=O) groups is 2. The zero-order valence-corrected chi connectivity index (χ0v) is 18.4. The zero-order valence-electron chi connectivity index (χ0n) is 18.4. The number of hydrazone groups is 1. The lowest BCUT2D eigenvalue weighted by atomic mass is 9.93. The highest BCUT2D eigenvalue weighted by Gasteiger charge is 2.30. The van der Waals surface area contributed by atoms with Crippen LogP contribution in [0, 0.1) is 6.92 Å². The molecule has 0 unspecified atom stereocenters. The fourth-order valence-corrected chi connectivity index (χ4v) is 4.11. The van der Waals surface area contributed by atoms with Crippen LogP contribution < -0.4 is 10.3 Å². The van der Waals surface area contributed by atoms with E-state index in [0.29, 0.717) is 12.3 Å². The number of aryl methyl sites for hydroxylation is 1. The van der Waals surface area contributed by atoms with Crippen molar-refractivity contribution in [3.8, 4) is 0 Å². The lowest BCUT2D eigenvalue weighted by molar-refractivity contribution is -0.120. The van der Waals surface area contributed by atoms with Crippen LogP contribution in [0.5, 0.6) is 0 Å². The largest absolute Gasteiger partial charge is 0.455 e. The summed E-state index contributed by atoms with van der Waals surface area (Å²) < 4.78 is 6.05. The summed E-state index contributed by atoms with van der Waals surface area (Å²) in [6.07, 6.45) is 2.60.